The third kappa shape index (κ3) is 2.29. The Kier molecular flexibility index (Phi) is 3.98. The van der Waals surface area contributed by atoms with Gasteiger partial charge in [0.1, 0.15) is 4.84 Å². The average molecular weight is 254 g/mol. The summed E-state index contributed by atoms with van der Waals surface area (Å²) in [4.78, 5) is 9.31. The van der Waals surface area contributed by atoms with Crippen LogP contribution in [0.15, 0.2) is 18.2 Å². The van der Waals surface area contributed by atoms with Crippen molar-refractivity contribution in [3.8, 4) is 0 Å². The Hall–Kier alpha value is -0.510. The Morgan fingerprint density at radius 3 is 2.50 bits per heavy atom. The molecule has 1 rings (SSSR count). The fourth-order valence-corrected chi connectivity index (χ4v) is 1.81. The van der Waals surface area contributed by atoms with Gasteiger partial charge in [-0.3, -0.25) is 10.1 Å². The highest BCUT2D eigenvalue weighted by molar-refractivity contribution is 6.44. The molecule has 0 bridgehead atoms. The number of hydrogen-bond donors (Lipinski definition) is 0. The van der Waals surface area contributed by atoms with Gasteiger partial charge in [0.05, 0.1) is 16.4 Å². The molecule has 6 heteroatoms. The number of alkyl halides is 3. The predicted molar refractivity (Wildman–Crippen MR) is 57.1 cm³/mol. The van der Waals surface area contributed by atoms with Crippen molar-refractivity contribution in [3.05, 3.63) is 39.4 Å². The van der Waals surface area contributed by atoms with Gasteiger partial charge in [-0.25, -0.2) is 0 Å². The number of rotatable bonds is 3. The van der Waals surface area contributed by atoms with Crippen molar-refractivity contribution in [2.45, 2.75) is 10.7 Å². The molecule has 3 nitrogen and oxygen atoms in total. The first-order valence-electron chi connectivity index (χ1n) is 3.68. The third-order valence-electron chi connectivity index (χ3n) is 1.75. The molecule has 0 aliphatic heterocycles. The van der Waals surface area contributed by atoms with Crippen LogP contribution in [0.2, 0.25) is 0 Å². The molecule has 0 unspecified atom stereocenters. The van der Waals surface area contributed by atoms with Crippen LogP contribution in [0.3, 0.4) is 0 Å². The standard InChI is InChI=1S/C8H6Cl3NO2/c9-4-6-5(8(10)11)2-1-3-7(6)12(13)14/h1-3,8H,4H2. The SMILES string of the molecule is O=[N+]([O-])c1cccc(C(Cl)Cl)c1CCl. The van der Waals surface area contributed by atoms with E-state index in [9.17, 15) is 10.1 Å². The minimum Gasteiger partial charge on any atom is -0.258 e. The van der Waals surface area contributed by atoms with Gasteiger partial charge in [0.15, 0.2) is 0 Å². The topological polar surface area (TPSA) is 43.1 Å². The summed E-state index contributed by atoms with van der Waals surface area (Å²) < 4.78 is 0. The molecule has 0 saturated carbocycles. The molecule has 0 atom stereocenters. The Morgan fingerprint density at radius 2 is 2.07 bits per heavy atom. The number of nitro benzene ring substituents is 1. The predicted octanol–water partition coefficient (Wildman–Crippen LogP) is 3.81. The van der Waals surface area contributed by atoms with Crippen LogP contribution in [0, 0.1) is 10.1 Å². The van der Waals surface area contributed by atoms with Gasteiger partial charge in [0, 0.05) is 6.07 Å². The molecule has 76 valence electrons. The molecular formula is C8H6Cl3NO2. The number of nitro groups is 1. The van der Waals surface area contributed by atoms with E-state index in [1.54, 1.807) is 6.07 Å². The smallest absolute Gasteiger partial charge is 0.258 e. The van der Waals surface area contributed by atoms with Crippen molar-refractivity contribution in [2.24, 2.45) is 0 Å². The zero-order chi connectivity index (χ0) is 10.7. The molecule has 0 heterocycles. The van der Waals surface area contributed by atoms with E-state index in [2.05, 4.69) is 0 Å². The Morgan fingerprint density at radius 1 is 1.43 bits per heavy atom. The van der Waals surface area contributed by atoms with Gasteiger partial charge in [0.2, 0.25) is 0 Å². The van der Waals surface area contributed by atoms with Crippen LogP contribution < -0.4 is 0 Å². The second-order valence-corrected chi connectivity index (χ2v) is 3.90. The van der Waals surface area contributed by atoms with Gasteiger partial charge in [-0.2, -0.15) is 0 Å². The molecule has 0 saturated heterocycles. The van der Waals surface area contributed by atoms with Gasteiger partial charge in [-0.1, -0.05) is 12.1 Å². The van der Waals surface area contributed by atoms with Crippen LogP contribution in [0.5, 0.6) is 0 Å². The summed E-state index contributed by atoms with van der Waals surface area (Å²) >= 11 is 16.9. The molecule has 14 heavy (non-hydrogen) atoms. The number of benzene rings is 1. The molecule has 0 amide bonds. The number of nitrogens with zero attached hydrogens (tertiary/aromatic N) is 1. The lowest BCUT2D eigenvalue weighted by Crippen LogP contribution is -1.98. The lowest BCUT2D eigenvalue weighted by molar-refractivity contribution is -0.385. The third-order valence-corrected chi connectivity index (χ3v) is 2.49. The zero-order valence-corrected chi connectivity index (χ0v) is 9.18. The highest BCUT2D eigenvalue weighted by atomic mass is 35.5. The van der Waals surface area contributed by atoms with Gasteiger partial charge in [-0.15, -0.1) is 34.8 Å². The summed E-state index contributed by atoms with van der Waals surface area (Å²) in [5, 5.41) is 10.6. The summed E-state index contributed by atoms with van der Waals surface area (Å²) in [5.41, 5.74) is 0.801. The average Bonchev–Trinajstić information content (AvgIpc) is 2.16. The normalized spacial score (nSPS) is 10.6. The van der Waals surface area contributed by atoms with E-state index in [1.807, 2.05) is 0 Å². The molecule has 1 aromatic carbocycles. The van der Waals surface area contributed by atoms with E-state index in [1.165, 1.54) is 12.1 Å². The number of hydrogen-bond acceptors (Lipinski definition) is 2. The van der Waals surface area contributed by atoms with Crippen molar-refractivity contribution in [1.29, 1.82) is 0 Å². The molecule has 0 radical (unpaired) electrons. The van der Waals surface area contributed by atoms with E-state index in [0.717, 1.165) is 0 Å². The van der Waals surface area contributed by atoms with E-state index in [0.29, 0.717) is 11.1 Å². The van der Waals surface area contributed by atoms with E-state index < -0.39 is 9.76 Å². The van der Waals surface area contributed by atoms with Gasteiger partial charge in [-0.05, 0) is 5.56 Å². The van der Waals surface area contributed by atoms with Crippen LogP contribution in [-0.4, -0.2) is 4.92 Å². The second kappa shape index (κ2) is 4.82. The van der Waals surface area contributed by atoms with Crippen LogP contribution in [0.4, 0.5) is 5.69 Å². The van der Waals surface area contributed by atoms with Crippen molar-refractivity contribution in [3.63, 3.8) is 0 Å². The first kappa shape index (κ1) is 11.6. The van der Waals surface area contributed by atoms with Gasteiger partial charge < -0.3 is 0 Å². The van der Waals surface area contributed by atoms with Crippen molar-refractivity contribution >= 4 is 40.5 Å². The van der Waals surface area contributed by atoms with Gasteiger partial charge >= 0.3 is 0 Å². The maximum Gasteiger partial charge on any atom is 0.274 e. The molecule has 0 aromatic heterocycles. The molecule has 1 aromatic rings. The molecular weight excluding hydrogens is 248 g/mol. The summed E-state index contributed by atoms with van der Waals surface area (Å²) in [7, 11) is 0. The summed E-state index contributed by atoms with van der Waals surface area (Å²) in [6, 6.07) is 4.52. The van der Waals surface area contributed by atoms with Gasteiger partial charge in [0.25, 0.3) is 5.69 Å². The van der Waals surface area contributed by atoms with Crippen LogP contribution in [0.25, 0.3) is 0 Å². The Balaban J connectivity index is 3.32. The molecule has 0 aliphatic carbocycles. The quantitative estimate of drug-likeness (QED) is 0.468. The van der Waals surface area contributed by atoms with E-state index in [-0.39, 0.29) is 11.6 Å². The largest absolute Gasteiger partial charge is 0.274 e. The lowest BCUT2D eigenvalue weighted by Gasteiger charge is -2.07. The first-order chi connectivity index (χ1) is 6.57. The van der Waals surface area contributed by atoms with E-state index in [4.69, 9.17) is 34.8 Å². The second-order valence-electron chi connectivity index (χ2n) is 2.54. The monoisotopic (exact) mass is 253 g/mol. The summed E-state index contributed by atoms with van der Waals surface area (Å²) in [6.45, 7) is 0. The lowest BCUT2D eigenvalue weighted by atomic mass is 10.1. The molecule has 0 aliphatic rings. The fourth-order valence-electron chi connectivity index (χ4n) is 1.11. The Labute approximate surface area is 95.7 Å². The van der Waals surface area contributed by atoms with Crippen molar-refractivity contribution in [2.75, 3.05) is 0 Å². The minimum absolute atomic E-state index is 0.0163. The minimum atomic E-state index is -0.802. The maximum atomic E-state index is 10.6. The first-order valence-corrected chi connectivity index (χ1v) is 5.09. The van der Waals surface area contributed by atoms with Crippen LogP contribution >= 0.6 is 34.8 Å². The van der Waals surface area contributed by atoms with E-state index >= 15 is 0 Å². The Bertz CT molecular complexity index is 354. The maximum absolute atomic E-state index is 10.6. The fraction of sp³-hybridized carbons (Fsp3) is 0.250. The molecule has 0 spiro atoms. The molecule has 0 fully saturated rings. The molecule has 0 N–H and O–H groups in total. The van der Waals surface area contributed by atoms with Crippen LogP contribution in [0.1, 0.15) is 16.0 Å². The highest BCUT2D eigenvalue weighted by Gasteiger charge is 2.19. The van der Waals surface area contributed by atoms with Crippen molar-refractivity contribution < 1.29 is 4.92 Å². The summed E-state index contributed by atoms with van der Waals surface area (Å²) in [6.07, 6.45) is 0. The summed E-state index contributed by atoms with van der Waals surface area (Å²) in [5.74, 6) is 0.0163. The van der Waals surface area contributed by atoms with Crippen molar-refractivity contribution in [1.82, 2.24) is 0 Å². The number of halogens is 3. The highest BCUT2D eigenvalue weighted by Crippen LogP contribution is 2.33. The van der Waals surface area contributed by atoms with Crippen LogP contribution in [-0.2, 0) is 5.88 Å². The zero-order valence-electron chi connectivity index (χ0n) is 6.91.